The molecule has 4 atom stereocenters. The lowest BCUT2D eigenvalue weighted by atomic mass is 9.57. The van der Waals surface area contributed by atoms with Crippen LogP contribution in [0.15, 0.2) is 23.0 Å². The molecule has 4 rings (SSSR count). The molecule has 1 saturated carbocycles. The number of nitrogens with zero attached hydrogens (tertiary/aromatic N) is 3. The molecule has 0 saturated heterocycles. The molecular formula is C31H42N4O8. The van der Waals surface area contributed by atoms with Gasteiger partial charge < -0.3 is 36.0 Å². The summed E-state index contributed by atoms with van der Waals surface area (Å²) in [4.78, 5) is 57.0. The number of aliphatic hydroxyl groups is 3. The fourth-order valence-electron chi connectivity index (χ4n) is 6.92. The third-order valence-electron chi connectivity index (χ3n) is 8.73. The average molecular weight is 599 g/mol. The Labute approximate surface area is 251 Å². The second-order valence-electron chi connectivity index (χ2n) is 13.5. The van der Waals surface area contributed by atoms with Crippen LogP contribution in [0.5, 0.6) is 5.75 Å². The van der Waals surface area contributed by atoms with E-state index in [0.29, 0.717) is 23.4 Å². The minimum absolute atomic E-state index is 0.00301. The van der Waals surface area contributed by atoms with Crippen LogP contribution in [-0.4, -0.2) is 100.0 Å². The first-order valence-electron chi connectivity index (χ1n) is 14.2. The summed E-state index contributed by atoms with van der Waals surface area (Å²) >= 11 is 0. The van der Waals surface area contributed by atoms with E-state index in [1.54, 1.807) is 39.2 Å². The minimum Gasteiger partial charge on any atom is -0.508 e. The molecule has 0 heterocycles. The van der Waals surface area contributed by atoms with Crippen molar-refractivity contribution in [2.75, 3.05) is 39.6 Å². The Morgan fingerprint density at radius 2 is 1.70 bits per heavy atom. The van der Waals surface area contributed by atoms with Gasteiger partial charge in [0.25, 0.3) is 5.91 Å². The minimum atomic E-state index is -2.71. The van der Waals surface area contributed by atoms with Gasteiger partial charge in [0.05, 0.1) is 11.6 Å². The number of phenolic OH excluding ortho intramolecular Hbond substituents is 1. The summed E-state index contributed by atoms with van der Waals surface area (Å²) in [5.74, 6) is -7.19. The lowest BCUT2D eigenvalue weighted by Gasteiger charge is -2.50. The van der Waals surface area contributed by atoms with Crippen molar-refractivity contribution < 1.29 is 39.6 Å². The number of aromatic hydroxyl groups is 1. The van der Waals surface area contributed by atoms with E-state index in [4.69, 9.17) is 5.73 Å². The van der Waals surface area contributed by atoms with E-state index in [0.717, 1.165) is 0 Å². The molecule has 3 aliphatic carbocycles. The molecule has 12 nitrogen and oxygen atoms in total. The Morgan fingerprint density at radius 3 is 2.19 bits per heavy atom. The highest BCUT2D eigenvalue weighted by Gasteiger charge is 2.64. The van der Waals surface area contributed by atoms with E-state index in [9.17, 15) is 39.6 Å². The molecule has 12 heteroatoms. The van der Waals surface area contributed by atoms with Crippen molar-refractivity contribution in [1.29, 1.82) is 0 Å². The van der Waals surface area contributed by atoms with Gasteiger partial charge in [-0.1, -0.05) is 20.8 Å². The number of Topliss-reactive ketones (excluding diaryl/α,β-unsaturated/α-hetero) is 2. The van der Waals surface area contributed by atoms with E-state index in [1.807, 2.05) is 25.7 Å². The highest BCUT2D eigenvalue weighted by molar-refractivity contribution is 6.24. The van der Waals surface area contributed by atoms with Crippen LogP contribution in [0.1, 0.15) is 50.8 Å². The number of carbonyl (C=O) groups excluding carboxylic acids is 4. The van der Waals surface area contributed by atoms with E-state index < -0.39 is 58.0 Å². The van der Waals surface area contributed by atoms with E-state index in [1.165, 1.54) is 11.8 Å². The van der Waals surface area contributed by atoms with Gasteiger partial charge in [-0.3, -0.25) is 24.1 Å². The molecule has 6 N–H and O–H groups in total. The Balaban J connectivity index is 1.94. The number of benzene rings is 1. The third kappa shape index (κ3) is 5.06. The monoisotopic (exact) mass is 598 g/mol. The Bertz CT molecular complexity index is 1490. The number of aliphatic hydroxyl groups excluding tert-OH is 2. The smallest absolute Gasteiger partial charge is 0.255 e. The number of phenols is 1. The molecule has 3 aliphatic rings. The SMILES string of the molecule is CC(=O)N(Cc1cc(N(C)C)c2c(c1O)C(O)=C1C(=O)C3(O)C(O)=C(C(N)=O)C(=O)C(N(C)C)C3CC1C2)CC(C)(C)C. The Hall–Kier alpha value is -3.90. The molecule has 0 bridgehead atoms. The van der Waals surface area contributed by atoms with Crippen molar-refractivity contribution in [3.05, 3.63) is 39.7 Å². The molecule has 234 valence electrons. The van der Waals surface area contributed by atoms with Gasteiger partial charge >= 0.3 is 0 Å². The predicted molar refractivity (Wildman–Crippen MR) is 159 cm³/mol. The van der Waals surface area contributed by atoms with Crippen LogP contribution >= 0.6 is 0 Å². The summed E-state index contributed by atoms with van der Waals surface area (Å²) in [6.45, 7) is 7.83. The lowest BCUT2D eigenvalue weighted by Crippen LogP contribution is -2.65. The van der Waals surface area contributed by atoms with Crippen molar-refractivity contribution in [3.63, 3.8) is 0 Å². The predicted octanol–water partition coefficient (Wildman–Crippen LogP) is 1.42. The van der Waals surface area contributed by atoms with Gasteiger partial charge in [0.2, 0.25) is 11.7 Å². The number of ketones is 2. The maximum absolute atomic E-state index is 14.1. The van der Waals surface area contributed by atoms with Gasteiger partial charge in [0.15, 0.2) is 11.4 Å². The topological polar surface area (TPSA) is 185 Å². The molecule has 1 aromatic carbocycles. The maximum Gasteiger partial charge on any atom is 0.255 e. The molecule has 1 aromatic rings. The molecule has 1 fully saturated rings. The van der Waals surface area contributed by atoms with Gasteiger partial charge in [0.1, 0.15) is 22.8 Å². The number of carbonyl (C=O) groups is 4. The number of nitrogens with two attached hydrogens (primary N) is 1. The fourth-order valence-corrected chi connectivity index (χ4v) is 6.92. The molecule has 0 radical (unpaired) electrons. The molecule has 43 heavy (non-hydrogen) atoms. The summed E-state index contributed by atoms with van der Waals surface area (Å²) in [7, 11) is 6.71. The maximum atomic E-state index is 14.1. The van der Waals surface area contributed by atoms with E-state index in [-0.39, 0.29) is 47.6 Å². The molecule has 2 amide bonds. The number of hydrogen-bond acceptors (Lipinski definition) is 10. The van der Waals surface area contributed by atoms with Crippen molar-refractivity contribution in [3.8, 4) is 5.75 Å². The largest absolute Gasteiger partial charge is 0.508 e. The van der Waals surface area contributed by atoms with Crippen molar-refractivity contribution >= 4 is 34.8 Å². The zero-order valence-electron chi connectivity index (χ0n) is 26.0. The number of fused-ring (bicyclic) bond motifs is 3. The standard InChI is InChI=1S/C31H42N4O8/c1-14(36)35(13-30(2,3)4)12-16-11-19(33(5)6)17-9-15-10-18-23(34(7)8)26(39)22(29(32)42)28(41)31(18,43)27(40)20(15)25(38)21(17)24(16)37/h11,15,18,23,37-38,41,43H,9-10,12-13H2,1-8H3,(H2,32,42). The highest BCUT2D eigenvalue weighted by Crippen LogP contribution is 2.54. The van der Waals surface area contributed by atoms with Gasteiger partial charge in [-0.2, -0.15) is 0 Å². The molecule has 4 unspecified atom stereocenters. The second kappa shape index (κ2) is 10.7. The summed E-state index contributed by atoms with van der Waals surface area (Å²) in [6, 6.07) is 0.605. The zero-order chi connectivity index (χ0) is 32.5. The zero-order valence-corrected chi connectivity index (χ0v) is 26.0. The van der Waals surface area contributed by atoms with Gasteiger partial charge in [-0.05, 0) is 49.9 Å². The van der Waals surface area contributed by atoms with Crippen LogP contribution in [0.25, 0.3) is 5.76 Å². The molecule has 0 spiro atoms. The molecule has 0 aromatic heterocycles. The Morgan fingerprint density at radius 1 is 1.09 bits per heavy atom. The average Bonchev–Trinajstić information content (AvgIpc) is 2.85. The number of likely N-dealkylation sites (N-methyl/N-ethyl adjacent to an activating group) is 1. The number of rotatable bonds is 6. The normalized spacial score (nSPS) is 25.4. The summed E-state index contributed by atoms with van der Waals surface area (Å²) < 4.78 is 0. The molecular weight excluding hydrogens is 556 g/mol. The first-order valence-corrected chi connectivity index (χ1v) is 14.2. The molecule has 0 aliphatic heterocycles. The first kappa shape index (κ1) is 32.0. The van der Waals surface area contributed by atoms with Gasteiger partial charge in [-0.15, -0.1) is 0 Å². The number of amides is 2. The van der Waals surface area contributed by atoms with E-state index in [2.05, 4.69) is 0 Å². The van der Waals surface area contributed by atoms with Crippen molar-refractivity contribution in [2.45, 2.75) is 58.7 Å². The number of hydrogen-bond donors (Lipinski definition) is 5. The quantitative estimate of drug-likeness (QED) is 0.300. The highest BCUT2D eigenvalue weighted by atomic mass is 16.3. The van der Waals surface area contributed by atoms with Crippen molar-refractivity contribution in [2.24, 2.45) is 23.0 Å². The van der Waals surface area contributed by atoms with Gasteiger partial charge in [-0.25, -0.2) is 0 Å². The van der Waals surface area contributed by atoms with Crippen molar-refractivity contribution in [1.82, 2.24) is 9.80 Å². The van der Waals surface area contributed by atoms with Crippen LogP contribution in [0.3, 0.4) is 0 Å². The second-order valence-corrected chi connectivity index (χ2v) is 13.5. The summed E-state index contributed by atoms with van der Waals surface area (Å²) in [5.41, 5.74) is 2.94. The first-order chi connectivity index (χ1) is 19.7. The summed E-state index contributed by atoms with van der Waals surface area (Å²) in [5, 5.41) is 46.1. The lowest BCUT2D eigenvalue weighted by molar-refractivity contribution is -0.153. The fraction of sp³-hybridized carbons (Fsp3) is 0.548. The van der Waals surface area contributed by atoms with Crippen LogP contribution in [0.4, 0.5) is 5.69 Å². The number of primary amides is 1. The van der Waals surface area contributed by atoms with Crippen LogP contribution in [0, 0.1) is 17.3 Å². The van der Waals surface area contributed by atoms with Crippen LogP contribution in [0.2, 0.25) is 0 Å². The summed E-state index contributed by atoms with van der Waals surface area (Å²) in [6.07, 6.45) is 0.180. The van der Waals surface area contributed by atoms with Crippen LogP contribution < -0.4 is 10.6 Å². The van der Waals surface area contributed by atoms with Crippen LogP contribution in [-0.2, 0) is 32.1 Å². The number of anilines is 1. The Kier molecular flexibility index (Phi) is 7.95. The third-order valence-corrected chi connectivity index (χ3v) is 8.73. The van der Waals surface area contributed by atoms with Gasteiger partial charge in [0, 0.05) is 56.9 Å². The van der Waals surface area contributed by atoms with E-state index >= 15 is 0 Å².